The van der Waals surface area contributed by atoms with Crippen LogP contribution in [0.25, 0.3) is 0 Å². The molecule has 4 heteroatoms. The molecule has 1 N–H and O–H groups in total. The molecule has 1 aromatic rings. The Morgan fingerprint density at radius 2 is 2.10 bits per heavy atom. The predicted octanol–water partition coefficient (Wildman–Crippen LogP) is 4.39. The quantitative estimate of drug-likeness (QED) is 0.874. The molecule has 0 saturated heterocycles. The van der Waals surface area contributed by atoms with Gasteiger partial charge in [0.15, 0.2) is 0 Å². The molecule has 3 unspecified atom stereocenters. The molecule has 1 heterocycles. The first-order chi connectivity index (χ1) is 10.1. The van der Waals surface area contributed by atoms with Crippen LogP contribution in [0.15, 0.2) is 6.20 Å². The van der Waals surface area contributed by atoms with E-state index < -0.39 is 0 Å². The zero-order chi connectivity index (χ0) is 15.0. The average molecular weight is 310 g/mol. The molecule has 0 aromatic carbocycles. The van der Waals surface area contributed by atoms with Gasteiger partial charge in [0, 0.05) is 18.0 Å². The van der Waals surface area contributed by atoms with Gasteiger partial charge in [0.05, 0.1) is 16.9 Å². The minimum atomic E-state index is 0.377. The SMILES string of the molecule is CC1CCC(CNC2CC2)C(c2c(Cl)cnn2C(C)C)C1. The van der Waals surface area contributed by atoms with Gasteiger partial charge in [0.25, 0.3) is 0 Å². The fraction of sp³-hybridized carbons (Fsp3) is 0.824. The van der Waals surface area contributed by atoms with Crippen LogP contribution in [0, 0.1) is 11.8 Å². The summed E-state index contributed by atoms with van der Waals surface area (Å²) in [5.41, 5.74) is 1.28. The topological polar surface area (TPSA) is 29.9 Å². The Balaban J connectivity index is 1.82. The van der Waals surface area contributed by atoms with Gasteiger partial charge in [0.2, 0.25) is 0 Å². The standard InChI is InChI=1S/C17H28ClN3/c1-11(2)21-17(16(18)10-20-21)15-8-12(3)4-5-13(15)9-19-14-6-7-14/h10-15,19H,4-9H2,1-3H3. The highest BCUT2D eigenvalue weighted by molar-refractivity contribution is 6.31. The molecule has 0 bridgehead atoms. The van der Waals surface area contributed by atoms with Crippen molar-refractivity contribution >= 4 is 11.6 Å². The van der Waals surface area contributed by atoms with Crippen molar-refractivity contribution in [3.8, 4) is 0 Å². The van der Waals surface area contributed by atoms with Gasteiger partial charge in [-0.2, -0.15) is 5.10 Å². The second kappa shape index (κ2) is 6.29. The lowest BCUT2D eigenvalue weighted by molar-refractivity contribution is 0.230. The largest absolute Gasteiger partial charge is 0.314 e. The van der Waals surface area contributed by atoms with Crippen LogP contribution in [0.1, 0.15) is 70.5 Å². The van der Waals surface area contributed by atoms with Gasteiger partial charge in [0.1, 0.15) is 0 Å². The molecule has 0 spiro atoms. The second-order valence-electron chi connectivity index (χ2n) is 7.38. The third-order valence-corrected chi connectivity index (χ3v) is 5.42. The molecule has 1 aromatic heterocycles. The average Bonchev–Trinajstić information content (AvgIpc) is 3.18. The Morgan fingerprint density at radius 1 is 1.33 bits per heavy atom. The van der Waals surface area contributed by atoms with Crippen molar-refractivity contribution in [2.75, 3.05) is 6.54 Å². The van der Waals surface area contributed by atoms with E-state index in [2.05, 4.69) is 35.9 Å². The summed E-state index contributed by atoms with van der Waals surface area (Å²) in [4.78, 5) is 0. The molecular weight excluding hydrogens is 282 g/mol. The summed E-state index contributed by atoms with van der Waals surface area (Å²) in [5, 5.41) is 9.11. The smallest absolute Gasteiger partial charge is 0.0820 e. The fourth-order valence-electron chi connectivity index (χ4n) is 3.74. The third kappa shape index (κ3) is 3.45. The van der Waals surface area contributed by atoms with E-state index in [9.17, 15) is 0 Å². The van der Waals surface area contributed by atoms with E-state index in [1.807, 2.05) is 6.20 Å². The van der Waals surface area contributed by atoms with Crippen molar-refractivity contribution in [3.63, 3.8) is 0 Å². The van der Waals surface area contributed by atoms with Crippen LogP contribution in [0.3, 0.4) is 0 Å². The number of nitrogens with zero attached hydrogens (tertiary/aromatic N) is 2. The normalized spacial score (nSPS) is 30.0. The number of rotatable bonds is 5. The summed E-state index contributed by atoms with van der Waals surface area (Å²) in [6, 6.07) is 1.16. The number of halogens is 1. The molecule has 0 aliphatic heterocycles. The molecular formula is C17H28ClN3. The van der Waals surface area contributed by atoms with Gasteiger partial charge in [-0.05, 0) is 57.9 Å². The Bertz CT molecular complexity index is 478. The molecule has 2 saturated carbocycles. The van der Waals surface area contributed by atoms with Gasteiger partial charge >= 0.3 is 0 Å². The minimum Gasteiger partial charge on any atom is -0.314 e. The van der Waals surface area contributed by atoms with Crippen LogP contribution in [0.2, 0.25) is 5.02 Å². The zero-order valence-electron chi connectivity index (χ0n) is 13.5. The van der Waals surface area contributed by atoms with Gasteiger partial charge < -0.3 is 5.32 Å². The van der Waals surface area contributed by atoms with Crippen molar-refractivity contribution in [1.29, 1.82) is 0 Å². The van der Waals surface area contributed by atoms with Gasteiger partial charge in [-0.1, -0.05) is 24.9 Å². The molecule has 3 rings (SSSR count). The second-order valence-corrected chi connectivity index (χ2v) is 7.79. The van der Waals surface area contributed by atoms with E-state index in [1.165, 1.54) is 37.8 Å². The number of nitrogens with one attached hydrogen (secondary N) is 1. The molecule has 118 valence electrons. The first kappa shape index (κ1) is 15.4. The number of hydrogen-bond donors (Lipinski definition) is 1. The summed E-state index contributed by atoms with van der Waals surface area (Å²) >= 11 is 6.51. The lowest BCUT2D eigenvalue weighted by Gasteiger charge is -2.36. The van der Waals surface area contributed by atoms with Crippen molar-refractivity contribution in [3.05, 3.63) is 16.9 Å². The lowest BCUT2D eigenvalue weighted by atomic mass is 9.73. The fourth-order valence-corrected chi connectivity index (χ4v) is 4.01. The van der Waals surface area contributed by atoms with Crippen LogP contribution >= 0.6 is 11.6 Å². The highest BCUT2D eigenvalue weighted by Gasteiger charge is 2.34. The lowest BCUT2D eigenvalue weighted by Crippen LogP contribution is -2.33. The van der Waals surface area contributed by atoms with Crippen LogP contribution in [0.4, 0.5) is 0 Å². The van der Waals surface area contributed by atoms with Crippen molar-refractivity contribution in [2.45, 2.75) is 70.9 Å². The van der Waals surface area contributed by atoms with Crippen LogP contribution < -0.4 is 5.32 Å². The Hall–Kier alpha value is -0.540. The molecule has 2 aliphatic rings. The molecule has 0 amide bonds. The van der Waals surface area contributed by atoms with Gasteiger partial charge in [-0.3, -0.25) is 4.68 Å². The Labute approximate surface area is 133 Å². The van der Waals surface area contributed by atoms with Gasteiger partial charge in [-0.25, -0.2) is 0 Å². The van der Waals surface area contributed by atoms with E-state index in [0.29, 0.717) is 17.9 Å². The monoisotopic (exact) mass is 309 g/mol. The molecule has 2 fully saturated rings. The maximum absolute atomic E-state index is 6.51. The molecule has 2 aliphatic carbocycles. The summed E-state index contributed by atoms with van der Waals surface area (Å²) in [7, 11) is 0. The highest BCUT2D eigenvalue weighted by atomic mass is 35.5. The van der Waals surface area contributed by atoms with E-state index in [-0.39, 0.29) is 0 Å². The number of hydrogen-bond acceptors (Lipinski definition) is 2. The molecule has 3 atom stereocenters. The van der Waals surface area contributed by atoms with E-state index in [0.717, 1.165) is 23.5 Å². The van der Waals surface area contributed by atoms with Crippen LogP contribution in [-0.2, 0) is 0 Å². The first-order valence-corrected chi connectivity index (χ1v) is 8.90. The third-order valence-electron chi connectivity index (χ3n) is 5.13. The van der Waals surface area contributed by atoms with Crippen molar-refractivity contribution < 1.29 is 0 Å². The van der Waals surface area contributed by atoms with E-state index >= 15 is 0 Å². The molecule has 0 radical (unpaired) electrons. The maximum Gasteiger partial charge on any atom is 0.0820 e. The number of aromatic nitrogens is 2. The zero-order valence-corrected chi connectivity index (χ0v) is 14.2. The minimum absolute atomic E-state index is 0.377. The molecule has 21 heavy (non-hydrogen) atoms. The summed E-state index contributed by atoms with van der Waals surface area (Å²) < 4.78 is 2.15. The maximum atomic E-state index is 6.51. The van der Waals surface area contributed by atoms with Gasteiger partial charge in [-0.15, -0.1) is 0 Å². The van der Waals surface area contributed by atoms with Crippen molar-refractivity contribution in [2.24, 2.45) is 11.8 Å². The summed E-state index contributed by atoms with van der Waals surface area (Å²) in [5.74, 6) is 2.05. The molecule has 3 nitrogen and oxygen atoms in total. The Kier molecular flexibility index (Phi) is 4.60. The Morgan fingerprint density at radius 3 is 2.76 bits per heavy atom. The van der Waals surface area contributed by atoms with Crippen LogP contribution in [-0.4, -0.2) is 22.4 Å². The first-order valence-electron chi connectivity index (χ1n) is 8.52. The van der Waals surface area contributed by atoms with E-state index in [4.69, 9.17) is 11.6 Å². The predicted molar refractivity (Wildman–Crippen MR) is 87.9 cm³/mol. The van der Waals surface area contributed by atoms with E-state index in [1.54, 1.807) is 0 Å². The van der Waals surface area contributed by atoms with Crippen molar-refractivity contribution in [1.82, 2.24) is 15.1 Å². The summed E-state index contributed by atoms with van der Waals surface area (Å²) in [6.45, 7) is 7.90. The summed E-state index contributed by atoms with van der Waals surface area (Å²) in [6.07, 6.45) is 8.46. The van der Waals surface area contributed by atoms with Crippen LogP contribution in [0.5, 0.6) is 0 Å². The highest BCUT2D eigenvalue weighted by Crippen LogP contribution is 2.43.